The van der Waals surface area contributed by atoms with Crippen molar-refractivity contribution in [2.45, 2.75) is 32.6 Å². The molecule has 0 bridgehead atoms. The van der Waals surface area contributed by atoms with Gasteiger partial charge in [0, 0.05) is 12.5 Å². The Bertz CT molecular complexity index is 482. The first-order valence-electron chi connectivity index (χ1n) is 8.29. The maximum Gasteiger partial charge on any atom is 0.122 e. The van der Waals surface area contributed by atoms with Gasteiger partial charge in [0.15, 0.2) is 0 Å². The van der Waals surface area contributed by atoms with Crippen molar-refractivity contribution in [3.05, 3.63) is 28.8 Å². The Morgan fingerprint density at radius 2 is 1.91 bits per heavy atom. The summed E-state index contributed by atoms with van der Waals surface area (Å²) >= 11 is 0. The summed E-state index contributed by atoms with van der Waals surface area (Å²) in [7, 11) is 1.74. The quantitative estimate of drug-likeness (QED) is 0.844. The van der Waals surface area contributed by atoms with Crippen LogP contribution in [0.2, 0.25) is 0 Å². The number of rotatable bonds is 6. The second-order valence-electron chi connectivity index (χ2n) is 6.42. The summed E-state index contributed by atoms with van der Waals surface area (Å²) < 4.78 is 5.62. The molecule has 0 aromatic heterocycles. The van der Waals surface area contributed by atoms with Gasteiger partial charge in [0.1, 0.15) is 5.75 Å². The number of ether oxygens (including phenoxy) is 1. The number of aliphatic hydroxyl groups excluding tert-OH is 1. The third-order valence-corrected chi connectivity index (χ3v) is 5.12. The average molecular weight is 306 g/mol. The molecular formula is C18H30N2O2. The van der Waals surface area contributed by atoms with Gasteiger partial charge in [-0.3, -0.25) is 0 Å². The van der Waals surface area contributed by atoms with Gasteiger partial charge in [0.05, 0.1) is 13.7 Å². The molecule has 0 saturated carbocycles. The van der Waals surface area contributed by atoms with E-state index in [1.165, 1.54) is 16.7 Å². The van der Waals surface area contributed by atoms with E-state index in [1.54, 1.807) is 7.11 Å². The third kappa shape index (κ3) is 3.80. The van der Waals surface area contributed by atoms with Gasteiger partial charge in [-0.1, -0.05) is 6.07 Å². The van der Waals surface area contributed by atoms with Gasteiger partial charge in [-0.2, -0.15) is 0 Å². The minimum atomic E-state index is 0.246. The fourth-order valence-electron chi connectivity index (χ4n) is 3.57. The van der Waals surface area contributed by atoms with Crippen molar-refractivity contribution in [2.24, 2.45) is 11.7 Å². The molecule has 4 heteroatoms. The van der Waals surface area contributed by atoms with Crippen molar-refractivity contribution in [3.8, 4) is 5.75 Å². The standard InChI is InChI=1S/C18H30N2O2/c1-13-10-16(18(22-3)11-14(13)2)17(12-19)15-4-6-20(7-5-15)8-9-21/h10-11,15,17,21H,4-9,12,19H2,1-3H3. The molecule has 3 N–H and O–H groups in total. The van der Waals surface area contributed by atoms with Gasteiger partial charge >= 0.3 is 0 Å². The van der Waals surface area contributed by atoms with E-state index in [0.29, 0.717) is 18.4 Å². The van der Waals surface area contributed by atoms with E-state index in [-0.39, 0.29) is 6.61 Å². The predicted octanol–water partition coefficient (Wildman–Crippen LogP) is 2.06. The van der Waals surface area contributed by atoms with Crippen LogP contribution in [-0.2, 0) is 0 Å². The van der Waals surface area contributed by atoms with E-state index in [1.807, 2.05) is 0 Å². The first-order chi connectivity index (χ1) is 10.6. The number of hydrogen-bond acceptors (Lipinski definition) is 4. The molecule has 2 rings (SSSR count). The molecule has 22 heavy (non-hydrogen) atoms. The van der Waals surface area contributed by atoms with E-state index < -0.39 is 0 Å². The normalized spacial score (nSPS) is 18.4. The van der Waals surface area contributed by atoms with Crippen LogP contribution in [-0.4, -0.2) is 49.9 Å². The molecule has 0 spiro atoms. The molecular weight excluding hydrogens is 276 g/mol. The molecule has 0 aliphatic carbocycles. The van der Waals surface area contributed by atoms with Crippen molar-refractivity contribution in [1.82, 2.24) is 4.90 Å². The molecule has 124 valence electrons. The molecule has 1 atom stereocenters. The van der Waals surface area contributed by atoms with Gasteiger partial charge in [0.2, 0.25) is 0 Å². The Balaban J connectivity index is 2.17. The van der Waals surface area contributed by atoms with Gasteiger partial charge in [-0.15, -0.1) is 0 Å². The summed E-state index contributed by atoms with van der Waals surface area (Å²) in [5.41, 5.74) is 9.95. The highest BCUT2D eigenvalue weighted by molar-refractivity contribution is 5.44. The number of nitrogens with two attached hydrogens (primary N) is 1. The van der Waals surface area contributed by atoms with E-state index in [0.717, 1.165) is 38.2 Å². The number of piperidine rings is 1. The number of likely N-dealkylation sites (tertiary alicyclic amines) is 1. The third-order valence-electron chi connectivity index (χ3n) is 5.12. The van der Waals surface area contributed by atoms with Crippen LogP contribution in [0.25, 0.3) is 0 Å². The zero-order valence-electron chi connectivity index (χ0n) is 14.1. The molecule has 1 saturated heterocycles. The van der Waals surface area contributed by atoms with Crippen LogP contribution < -0.4 is 10.5 Å². The van der Waals surface area contributed by atoms with Crippen LogP contribution in [0.4, 0.5) is 0 Å². The molecule has 1 aromatic carbocycles. The summed E-state index contributed by atoms with van der Waals surface area (Å²) in [6.07, 6.45) is 2.27. The average Bonchev–Trinajstić information content (AvgIpc) is 2.53. The van der Waals surface area contributed by atoms with Crippen LogP contribution in [0.15, 0.2) is 12.1 Å². The summed E-state index contributed by atoms with van der Waals surface area (Å²) in [6, 6.07) is 4.39. The lowest BCUT2D eigenvalue weighted by Gasteiger charge is -2.36. The van der Waals surface area contributed by atoms with Crippen molar-refractivity contribution in [3.63, 3.8) is 0 Å². The van der Waals surface area contributed by atoms with Crippen LogP contribution >= 0.6 is 0 Å². The van der Waals surface area contributed by atoms with Crippen molar-refractivity contribution < 1.29 is 9.84 Å². The Morgan fingerprint density at radius 3 is 2.45 bits per heavy atom. The summed E-state index contributed by atoms with van der Waals surface area (Å²) in [5.74, 6) is 1.91. The second-order valence-corrected chi connectivity index (χ2v) is 6.42. The Labute approximate surface area is 134 Å². The highest BCUT2D eigenvalue weighted by Gasteiger charge is 2.28. The second kappa shape index (κ2) is 7.95. The molecule has 1 fully saturated rings. The fraction of sp³-hybridized carbons (Fsp3) is 0.667. The maximum atomic E-state index is 9.06. The Morgan fingerprint density at radius 1 is 1.27 bits per heavy atom. The summed E-state index contributed by atoms with van der Waals surface area (Å²) in [6.45, 7) is 8.05. The van der Waals surface area contributed by atoms with Crippen molar-refractivity contribution in [2.75, 3.05) is 39.9 Å². The van der Waals surface area contributed by atoms with Crippen LogP contribution in [0, 0.1) is 19.8 Å². The monoisotopic (exact) mass is 306 g/mol. The van der Waals surface area contributed by atoms with Gasteiger partial charge in [-0.25, -0.2) is 0 Å². The number of β-amino-alcohol motifs (C(OH)–C–C–N with tert-alkyl or cyclic N) is 1. The van der Waals surface area contributed by atoms with Crippen molar-refractivity contribution in [1.29, 1.82) is 0 Å². The van der Waals surface area contributed by atoms with Crippen LogP contribution in [0.5, 0.6) is 5.75 Å². The summed E-state index contributed by atoms with van der Waals surface area (Å²) in [4.78, 5) is 2.34. The first kappa shape index (κ1) is 17.3. The Kier molecular flexibility index (Phi) is 6.24. The molecule has 0 radical (unpaired) electrons. The lowest BCUT2D eigenvalue weighted by molar-refractivity contribution is 0.138. The number of aryl methyl sites for hydroxylation is 2. The maximum absolute atomic E-state index is 9.06. The highest BCUT2D eigenvalue weighted by Crippen LogP contribution is 2.37. The van der Waals surface area contributed by atoms with Crippen LogP contribution in [0.1, 0.15) is 35.4 Å². The number of benzene rings is 1. The van der Waals surface area contributed by atoms with E-state index in [9.17, 15) is 0 Å². The van der Waals surface area contributed by atoms with E-state index in [2.05, 4.69) is 30.9 Å². The lowest BCUT2D eigenvalue weighted by Crippen LogP contribution is -2.38. The fourth-order valence-corrected chi connectivity index (χ4v) is 3.57. The highest BCUT2D eigenvalue weighted by atomic mass is 16.5. The minimum absolute atomic E-state index is 0.246. The number of nitrogens with zero attached hydrogens (tertiary/aromatic N) is 1. The number of methoxy groups -OCH3 is 1. The molecule has 1 aliphatic heterocycles. The molecule has 1 aromatic rings. The van der Waals surface area contributed by atoms with E-state index >= 15 is 0 Å². The smallest absolute Gasteiger partial charge is 0.122 e. The largest absolute Gasteiger partial charge is 0.496 e. The first-order valence-corrected chi connectivity index (χ1v) is 8.29. The van der Waals surface area contributed by atoms with E-state index in [4.69, 9.17) is 15.6 Å². The SMILES string of the molecule is COc1cc(C)c(C)cc1C(CN)C1CCN(CCO)CC1. The van der Waals surface area contributed by atoms with Gasteiger partial charge in [0.25, 0.3) is 0 Å². The molecule has 1 aliphatic rings. The minimum Gasteiger partial charge on any atom is -0.496 e. The van der Waals surface area contributed by atoms with Gasteiger partial charge < -0.3 is 20.5 Å². The number of hydrogen-bond donors (Lipinski definition) is 2. The zero-order chi connectivity index (χ0) is 16.1. The summed E-state index contributed by atoms with van der Waals surface area (Å²) in [5, 5.41) is 9.06. The predicted molar refractivity (Wildman–Crippen MR) is 90.5 cm³/mol. The van der Waals surface area contributed by atoms with Crippen LogP contribution in [0.3, 0.4) is 0 Å². The van der Waals surface area contributed by atoms with Gasteiger partial charge in [-0.05, 0) is 75.0 Å². The lowest BCUT2D eigenvalue weighted by atomic mass is 9.79. The zero-order valence-corrected chi connectivity index (χ0v) is 14.1. The number of aliphatic hydroxyl groups is 1. The Hall–Kier alpha value is -1.10. The topological polar surface area (TPSA) is 58.7 Å². The molecule has 1 heterocycles. The molecule has 0 amide bonds. The van der Waals surface area contributed by atoms with Crippen molar-refractivity contribution >= 4 is 0 Å². The molecule has 1 unspecified atom stereocenters. The molecule has 4 nitrogen and oxygen atoms in total.